The van der Waals surface area contributed by atoms with Crippen LogP contribution in [0, 0.1) is 6.92 Å². The van der Waals surface area contributed by atoms with Gasteiger partial charge in [0.2, 0.25) is 5.91 Å². The summed E-state index contributed by atoms with van der Waals surface area (Å²) in [5, 5.41) is 6.13. The first-order valence-electron chi connectivity index (χ1n) is 6.91. The van der Waals surface area contributed by atoms with E-state index in [9.17, 15) is 9.59 Å². The molecule has 22 heavy (non-hydrogen) atoms. The smallest absolute Gasteiger partial charge is 0.262 e. The molecule has 0 spiro atoms. The van der Waals surface area contributed by atoms with Gasteiger partial charge in [-0.15, -0.1) is 11.3 Å². The second kappa shape index (κ2) is 5.76. The van der Waals surface area contributed by atoms with Crippen molar-refractivity contribution in [3.8, 4) is 17.0 Å². The Morgan fingerprint density at radius 1 is 1.50 bits per heavy atom. The van der Waals surface area contributed by atoms with Crippen LogP contribution < -0.4 is 15.4 Å². The zero-order chi connectivity index (χ0) is 15.7. The number of thiazole rings is 1. The van der Waals surface area contributed by atoms with Gasteiger partial charge in [-0.05, 0) is 25.1 Å². The quantitative estimate of drug-likeness (QED) is 0.912. The minimum absolute atomic E-state index is 0.0370. The fourth-order valence-corrected chi connectivity index (χ4v) is 3.01. The lowest BCUT2D eigenvalue weighted by atomic mass is 10.1. The van der Waals surface area contributed by atoms with E-state index in [0.717, 1.165) is 16.1 Å². The van der Waals surface area contributed by atoms with Gasteiger partial charge in [-0.2, -0.15) is 0 Å². The number of ether oxygens (including phenoxy) is 1. The summed E-state index contributed by atoms with van der Waals surface area (Å²) in [6.45, 7) is 3.78. The number of aromatic nitrogens is 1. The monoisotopic (exact) mass is 317 g/mol. The number of carbonyl (C=O) groups excluding carboxylic acids is 2. The lowest BCUT2D eigenvalue weighted by Crippen LogP contribution is -2.25. The van der Waals surface area contributed by atoms with Gasteiger partial charge < -0.3 is 15.4 Å². The Morgan fingerprint density at radius 2 is 2.32 bits per heavy atom. The molecular formula is C15H15N3O3S. The van der Waals surface area contributed by atoms with Crippen molar-refractivity contribution < 1.29 is 14.3 Å². The molecule has 0 unspecified atom stereocenters. The number of aryl methyl sites for hydroxylation is 1. The number of nitrogens with one attached hydrogen (secondary N) is 2. The first kappa shape index (κ1) is 14.5. The number of amides is 2. The second-order valence-electron chi connectivity index (χ2n) is 4.87. The highest BCUT2D eigenvalue weighted by Gasteiger charge is 2.18. The summed E-state index contributed by atoms with van der Waals surface area (Å²) in [6, 6.07) is 5.54. The Morgan fingerprint density at radius 3 is 3.09 bits per heavy atom. The molecule has 1 aromatic carbocycles. The van der Waals surface area contributed by atoms with E-state index in [-0.39, 0.29) is 18.4 Å². The summed E-state index contributed by atoms with van der Waals surface area (Å²) in [6.07, 6.45) is 0.413. The van der Waals surface area contributed by atoms with E-state index < -0.39 is 0 Å². The number of rotatable bonds is 3. The fourth-order valence-electron chi connectivity index (χ4n) is 2.16. The van der Waals surface area contributed by atoms with E-state index >= 15 is 0 Å². The predicted molar refractivity (Wildman–Crippen MR) is 85.3 cm³/mol. The van der Waals surface area contributed by atoms with Gasteiger partial charge in [0.05, 0.1) is 11.4 Å². The number of benzene rings is 1. The van der Waals surface area contributed by atoms with Crippen LogP contribution in [0.3, 0.4) is 0 Å². The molecule has 114 valence electrons. The van der Waals surface area contributed by atoms with Gasteiger partial charge in [0.25, 0.3) is 5.91 Å². The summed E-state index contributed by atoms with van der Waals surface area (Å²) in [7, 11) is 0. The molecule has 2 N–H and O–H groups in total. The molecule has 1 aliphatic heterocycles. The van der Waals surface area contributed by atoms with Gasteiger partial charge in [-0.1, -0.05) is 6.92 Å². The molecule has 0 atom stereocenters. The Bertz CT molecular complexity index is 754. The lowest BCUT2D eigenvalue weighted by molar-refractivity contribution is -0.118. The van der Waals surface area contributed by atoms with Crippen LogP contribution in [0.4, 0.5) is 10.8 Å². The molecule has 3 rings (SSSR count). The third-order valence-electron chi connectivity index (χ3n) is 3.25. The Labute approximate surface area is 131 Å². The SMILES string of the molecule is CCC(=O)Nc1nc(-c2ccc3c(c2)NC(=O)CO3)c(C)s1. The molecule has 0 aliphatic carbocycles. The highest BCUT2D eigenvalue weighted by molar-refractivity contribution is 7.16. The normalized spacial score (nSPS) is 13.1. The van der Waals surface area contributed by atoms with Gasteiger partial charge in [0.15, 0.2) is 11.7 Å². The van der Waals surface area contributed by atoms with E-state index in [0.29, 0.717) is 23.0 Å². The van der Waals surface area contributed by atoms with Gasteiger partial charge in [0.1, 0.15) is 5.75 Å². The number of fused-ring (bicyclic) bond motifs is 1. The number of hydrogen-bond acceptors (Lipinski definition) is 5. The second-order valence-corrected chi connectivity index (χ2v) is 6.08. The first-order chi connectivity index (χ1) is 10.6. The average molecular weight is 317 g/mol. The molecule has 6 nitrogen and oxygen atoms in total. The molecular weight excluding hydrogens is 302 g/mol. The number of anilines is 2. The zero-order valence-electron chi connectivity index (χ0n) is 12.2. The van der Waals surface area contributed by atoms with Gasteiger partial charge in [-0.3, -0.25) is 9.59 Å². The number of hydrogen-bond donors (Lipinski definition) is 2. The zero-order valence-corrected chi connectivity index (χ0v) is 13.0. The van der Waals surface area contributed by atoms with Crippen molar-refractivity contribution in [2.45, 2.75) is 20.3 Å². The minimum atomic E-state index is -0.171. The number of carbonyl (C=O) groups is 2. The van der Waals surface area contributed by atoms with Crippen molar-refractivity contribution in [3.63, 3.8) is 0 Å². The Kier molecular flexibility index (Phi) is 3.81. The van der Waals surface area contributed by atoms with Crippen LogP contribution in [0.25, 0.3) is 11.3 Å². The molecule has 1 aliphatic rings. The molecule has 2 heterocycles. The van der Waals surface area contributed by atoms with Crippen LogP contribution in [0.1, 0.15) is 18.2 Å². The standard InChI is InChI=1S/C15H15N3O3S/c1-3-12(19)17-15-18-14(8(2)22-15)9-4-5-11-10(6-9)16-13(20)7-21-11/h4-6H,3,7H2,1-2H3,(H,16,20)(H,17,18,19). The average Bonchev–Trinajstić information content (AvgIpc) is 2.86. The van der Waals surface area contributed by atoms with Crippen LogP contribution in [-0.2, 0) is 9.59 Å². The van der Waals surface area contributed by atoms with Crippen LogP contribution >= 0.6 is 11.3 Å². The van der Waals surface area contributed by atoms with Crippen molar-refractivity contribution >= 4 is 34.0 Å². The molecule has 0 bridgehead atoms. The summed E-state index contributed by atoms with van der Waals surface area (Å²) >= 11 is 1.43. The highest BCUT2D eigenvalue weighted by atomic mass is 32.1. The maximum atomic E-state index is 11.5. The van der Waals surface area contributed by atoms with Crippen LogP contribution in [0.2, 0.25) is 0 Å². The molecule has 0 saturated carbocycles. The molecule has 0 saturated heterocycles. The van der Waals surface area contributed by atoms with Crippen molar-refractivity contribution in [2.24, 2.45) is 0 Å². The summed E-state index contributed by atoms with van der Waals surface area (Å²) in [5.41, 5.74) is 2.30. The third kappa shape index (κ3) is 2.80. The Hall–Kier alpha value is -2.41. The maximum Gasteiger partial charge on any atom is 0.262 e. The van der Waals surface area contributed by atoms with E-state index in [1.807, 2.05) is 25.1 Å². The molecule has 1 aromatic heterocycles. The minimum Gasteiger partial charge on any atom is -0.482 e. The van der Waals surface area contributed by atoms with Crippen LogP contribution in [-0.4, -0.2) is 23.4 Å². The topological polar surface area (TPSA) is 80.3 Å². The Balaban J connectivity index is 1.92. The highest BCUT2D eigenvalue weighted by Crippen LogP contribution is 2.36. The summed E-state index contributed by atoms with van der Waals surface area (Å²) < 4.78 is 5.34. The van der Waals surface area contributed by atoms with Crippen molar-refractivity contribution in [2.75, 3.05) is 17.2 Å². The molecule has 2 amide bonds. The lowest BCUT2D eigenvalue weighted by Gasteiger charge is -2.18. The number of nitrogens with zero attached hydrogens (tertiary/aromatic N) is 1. The predicted octanol–water partition coefficient (Wildman–Crippen LogP) is 2.80. The first-order valence-corrected chi connectivity index (χ1v) is 7.73. The fraction of sp³-hybridized carbons (Fsp3) is 0.267. The van der Waals surface area contributed by atoms with E-state index in [4.69, 9.17) is 4.74 Å². The molecule has 0 fully saturated rings. The van der Waals surface area contributed by atoms with Gasteiger partial charge in [0, 0.05) is 16.9 Å². The van der Waals surface area contributed by atoms with Gasteiger partial charge >= 0.3 is 0 Å². The van der Waals surface area contributed by atoms with Crippen molar-refractivity contribution in [1.29, 1.82) is 0 Å². The van der Waals surface area contributed by atoms with E-state index in [2.05, 4.69) is 15.6 Å². The van der Waals surface area contributed by atoms with Crippen molar-refractivity contribution in [3.05, 3.63) is 23.1 Å². The molecule has 7 heteroatoms. The van der Waals surface area contributed by atoms with E-state index in [1.165, 1.54) is 11.3 Å². The molecule has 2 aromatic rings. The van der Waals surface area contributed by atoms with Gasteiger partial charge in [-0.25, -0.2) is 4.98 Å². The summed E-state index contributed by atoms with van der Waals surface area (Å²) in [5.74, 6) is 0.415. The maximum absolute atomic E-state index is 11.5. The third-order valence-corrected chi connectivity index (χ3v) is 4.14. The molecule has 0 radical (unpaired) electrons. The van der Waals surface area contributed by atoms with Crippen LogP contribution in [0.15, 0.2) is 18.2 Å². The van der Waals surface area contributed by atoms with Crippen molar-refractivity contribution in [1.82, 2.24) is 4.98 Å². The van der Waals surface area contributed by atoms with Crippen LogP contribution in [0.5, 0.6) is 5.75 Å². The summed E-state index contributed by atoms with van der Waals surface area (Å²) in [4.78, 5) is 28.3. The largest absolute Gasteiger partial charge is 0.482 e. The van der Waals surface area contributed by atoms with E-state index in [1.54, 1.807) is 6.92 Å².